The normalized spacial score (nSPS) is 12.8. The maximum Gasteiger partial charge on any atom is 0.308 e. The molecule has 1 atom stereocenters. The molecule has 1 aromatic heterocycles. The molecule has 7 heteroatoms. The van der Waals surface area contributed by atoms with Crippen molar-refractivity contribution < 1.29 is 8.42 Å². The van der Waals surface area contributed by atoms with Gasteiger partial charge in [-0.15, -0.1) is 0 Å². The standard InChI is InChI=1S/C23H22N2O3S2/c1-2-20(18-11-7-4-8-12-18)24-30(27,28)19-13-14-21-22(15-19)29-23(26)25(21)16-17-9-5-3-6-10-17/h3-15,20,24H,2,16H2,1H3/t20-/m0/s1. The van der Waals surface area contributed by atoms with Crippen LogP contribution in [0.1, 0.15) is 30.5 Å². The molecule has 0 aliphatic rings. The smallest absolute Gasteiger partial charge is 0.294 e. The van der Waals surface area contributed by atoms with E-state index in [1.165, 1.54) is 0 Å². The first-order valence-corrected chi connectivity index (χ1v) is 12.0. The molecule has 0 aliphatic carbocycles. The van der Waals surface area contributed by atoms with Gasteiger partial charge in [-0.2, -0.15) is 0 Å². The molecule has 0 unspecified atom stereocenters. The second kappa shape index (κ2) is 8.55. The molecule has 1 N–H and O–H groups in total. The molecule has 1 heterocycles. The largest absolute Gasteiger partial charge is 0.308 e. The van der Waals surface area contributed by atoms with Gasteiger partial charge in [-0.05, 0) is 35.7 Å². The van der Waals surface area contributed by atoms with Crippen LogP contribution in [0.4, 0.5) is 0 Å². The minimum absolute atomic E-state index is 0.105. The predicted octanol–water partition coefficient (Wildman–Crippen LogP) is 4.54. The fourth-order valence-electron chi connectivity index (χ4n) is 3.46. The van der Waals surface area contributed by atoms with Crippen molar-refractivity contribution in [2.75, 3.05) is 0 Å². The van der Waals surface area contributed by atoms with Crippen LogP contribution in [0.2, 0.25) is 0 Å². The van der Waals surface area contributed by atoms with Gasteiger partial charge in [-0.3, -0.25) is 9.36 Å². The Hall–Kier alpha value is -2.74. The van der Waals surface area contributed by atoms with Crippen molar-refractivity contribution >= 4 is 31.6 Å². The molecule has 0 spiro atoms. The van der Waals surface area contributed by atoms with Crippen LogP contribution in [0, 0.1) is 0 Å². The number of hydrogen-bond donors (Lipinski definition) is 1. The summed E-state index contributed by atoms with van der Waals surface area (Å²) in [6.45, 7) is 2.40. The van der Waals surface area contributed by atoms with Gasteiger partial charge in [0, 0.05) is 6.04 Å². The van der Waals surface area contributed by atoms with Crippen LogP contribution in [0.15, 0.2) is 88.6 Å². The minimum Gasteiger partial charge on any atom is -0.294 e. The number of thiazole rings is 1. The Morgan fingerprint density at radius 1 is 0.967 bits per heavy atom. The van der Waals surface area contributed by atoms with Crippen LogP contribution >= 0.6 is 11.3 Å². The molecule has 30 heavy (non-hydrogen) atoms. The number of fused-ring (bicyclic) bond motifs is 1. The van der Waals surface area contributed by atoms with Crippen LogP contribution in [-0.4, -0.2) is 13.0 Å². The van der Waals surface area contributed by atoms with Crippen molar-refractivity contribution in [3.63, 3.8) is 0 Å². The Balaban J connectivity index is 1.65. The number of sulfonamides is 1. The van der Waals surface area contributed by atoms with Crippen LogP contribution in [0.25, 0.3) is 10.2 Å². The first-order valence-electron chi connectivity index (χ1n) is 9.72. The van der Waals surface area contributed by atoms with E-state index in [4.69, 9.17) is 0 Å². The van der Waals surface area contributed by atoms with Gasteiger partial charge in [-0.1, -0.05) is 78.9 Å². The fourth-order valence-corrected chi connectivity index (χ4v) is 5.80. The summed E-state index contributed by atoms with van der Waals surface area (Å²) in [5.41, 5.74) is 2.68. The molecule has 0 radical (unpaired) electrons. The Morgan fingerprint density at radius 3 is 2.30 bits per heavy atom. The molecule has 5 nitrogen and oxygen atoms in total. The van der Waals surface area contributed by atoms with Crippen LogP contribution in [0.3, 0.4) is 0 Å². The third-order valence-electron chi connectivity index (χ3n) is 5.04. The number of nitrogens with one attached hydrogen (secondary N) is 1. The Labute approximate surface area is 179 Å². The third-order valence-corrected chi connectivity index (χ3v) is 7.45. The third kappa shape index (κ3) is 4.23. The number of hydrogen-bond acceptors (Lipinski definition) is 4. The summed E-state index contributed by atoms with van der Waals surface area (Å²) in [4.78, 5) is 12.6. The SMILES string of the molecule is CC[C@H](NS(=O)(=O)c1ccc2c(c1)sc(=O)n2Cc1ccccc1)c1ccccc1. The molecule has 0 saturated carbocycles. The summed E-state index contributed by atoms with van der Waals surface area (Å²) in [5.74, 6) is 0. The zero-order valence-corrected chi connectivity index (χ0v) is 18.1. The lowest BCUT2D eigenvalue weighted by Gasteiger charge is -2.17. The van der Waals surface area contributed by atoms with Gasteiger partial charge in [0.2, 0.25) is 10.0 Å². The van der Waals surface area contributed by atoms with Gasteiger partial charge in [0.15, 0.2) is 0 Å². The van der Waals surface area contributed by atoms with E-state index in [2.05, 4.69) is 4.72 Å². The van der Waals surface area contributed by atoms with Crippen molar-refractivity contribution in [1.82, 2.24) is 9.29 Å². The fraction of sp³-hybridized carbons (Fsp3) is 0.174. The highest BCUT2D eigenvalue weighted by Gasteiger charge is 2.21. The first-order chi connectivity index (χ1) is 14.5. The van der Waals surface area contributed by atoms with Crippen molar-refractivity contribution in [2.45, 2.75) is 30.8 Å². The average Bonchev–Trinajstić information content (AvgIpc) is 3.08. The maximum atomic E-state index is 13.0. The van der Waals surface area contributed by atoms with Crippen LogP contribution < -0.4 is 9.60 Å². The van der Waals surface area contributed by atoms with Crippen LogP contribution in [0.5, 0.6) is 0 Å². The molecule has 0 aliphatic heterocycles. The van der Waals surface area contributed by atoms with Gasteiger partial charge >= 0.3 is 4.87 Å². The van der Waals surface area contributed by atoms with E-state index in [1.807, 2.05) is 67.6 Å². The molecule has 3 aromatic carbocycles. The van der Waals surface area contributed by atoms with Crippen molar-refractivity contribution in [3.05, 3.63) is 99.7 Å². The quantitative estimate of drug-likeness (QED) is 0.461. The van der Waals surface area contributed by atoms with Gasteiger partial charge in [0.1, 0.15) is 0 Å². The van der Waals surface area contributed by atoms with E-state index in [-0.39, 0.29) is 15.8 Å². The van der Waals surface area contributed by atoms with Gasteiger partial charge in [0.25, 0.3) is 0 Å². The average molecular weight is 439 g/mol. The topological polar surface area (TPSA) is 68.2 Å². The Bertz CT molecular complexity index is 1310. The monoisotopic (exact) mass is 438 g/mol. The van der Waals surface area contributed by atoms with Crippen molar-refractivity contribution in [3.8, 4) is 0 Å². The first kappa shape index (κ1) is 20.5. The molecule has 154 valence electrons. The zero-order valence-electron chi connectivity index (χ0n) is 16.5. The van der Waals surface area contributed by atoms with E-state index in [0.717, 1.165) is 28.0 Å². The van der Waals surface area contributed by atoms with E-state index >= 15 is 0 Å². The molecule has 0 fully saturated rings. The lowest BCUT2D eigenvalue weighted by atomic mass is 10.1. The lowest BCUT2D eigenvalue weighted by molar-refractivity contribution is 0.550. The second-order valence-corrected chi connectivity index (χ2v) is 9.77. The Kier molecular flexibility index (Phi) is 5.85. The summed E-state index contributed by atoms with van der Waals surface area (Å²) in [5, 5.41) is 0. The summed E-state index contributed by atoms with van der Waals surface area (Å²) in [6.07, 6.45) is 0.631. The summed E-state index contributed by atoms with van der Waals surface area (Å²) >= 11 is 1.06. The zero-order chi connectivity index (χ0) is 21.1. The van der Waals surface area contributed by atoms with E-state index in [0.29, 0.717) is 17.7 Å². The summed E-state index contributed by atoms with van der Waals surface area (Å²) in [7, 11) is -3.73. The minimum atomic E-state index is -3.73. The maximum absolute atomic E-state index is 13.0. The van der Waals surface area contributed by atoms with E-state index in [1.54, 1.807) is 22.8 Å². The van der Waals surface area contributed by atoms with E-state index in [9.17, 15) is 13.2 Å². The summed E-state index contributed by atoms with van der Waals surface area (Å²) < 4.78 is 31.2. The Morgan fingerprint density at radius 2 is 1.63 bits per heavy atom. The molecular weight excluding hydrogens is 416 g/mol. The molecule has 0 amide bonds. The number of nitrogens with zero attached hydrogens (tertiary/aromatic N) is 1. The van der Waals surface area contributed by atoms with Crippen molar-refractivity contribution in [1.29, 1.82) is 0 Å². The van der Waals surface area contributed by atoms with Gasteiger partial charge in [-0.25, -0.2) is 13.1 Å². The molecule has 0 saturated heterocycles. The molecular formula is C23H22N2O3S2. The molecule has 4 aromatic rings. The van der Waals surface area contributed by atoms with E-state index < -0.39 is 10.0 Å². The van der Waals surface area contributed by atoms with Crippen molar-refractivity contribution in [2.24, 2.45) is 0 Å². The van der Waals surface area contributed by atoms with Gasteiger partial charge < -0.3 is 0 Å². The highest BCUT2D eigenvalue weighted by atomic mass is 32.2. The molecule has 0 bridgehead atoms. The lowest BCUT2D eigenvalue weighted by Crippen LogP contribution is -2.28. The number of benzene rings is 3. The number of aromatic nitrogens is 1. The molecule has 4 rings (SSSR count). The number of rotatable bonds is 7. The second-order valence-electron chi connectivity index (χ2n) is 7.06. The summed E-state index contributed by atoms with van der Waals surface area (Å²) in [6, 6.07) is 23.8. The highest BCUT2D eigenvalue weighted by Crippen LogP contribution is 2.25. The van der Waals surface area contributed by atoms with Gasteiger partial charge in [0.05, 0.1) is 21.7 Å². The predicted molar refractivity (Wildman–Crippen MR) is 121 cm³/mol. The highest BCUT2D eigenvalue weighted by molar-refractivity contribution is 7.89. The van der Waals surface area contributed by atoms with Crippen LogP contribution in [-0.2, 0) is 16.6 Å².